The summed E-state index contributed by atoms with van der Waals surface area (Å²) in [6.45, 7) is 1.30. The number of hydrogen-bond donors (Lipinski definition) is 1. The monoisotopic (exact) mass is 218 g/mol. The van der Waals surface area contributed by atoms with Gasteiger partial charge in [0.25, 0.3) is 0 Å². The fourth-order valence-corrected chi connectivity index (χ4v) is 1.35. The molecule has 4 nitrogen and oxygen atoms in total. The Labute approximate surface area is 72.0 Å². The molecule has 0 saturated carbocycles. The zero-order valence-electron chi connectivity index (χ0n) is 5.71. The molecule has 0 radical (unpaired) electrons. The predicted octanol–water partition coefficient (Wildman–Crippen LogP) is 1.22. The molecule has 0 atom stereocenters. The van der Waals surface area contributed by atoms with Gasteiger partial charge in [0.05, 0.1) is 23.9 Å². The molecule has 5 heteroatoms. The lowest BCUT2D eigenvalue weighted by molar-refractivity contribution is -0.0478. The van der Waals surface area contributed by atoms with Gasteiger partial charge in [-0.3, -0.25) is 5.10 Å². The Bertz CT molecular complexity index is 244. The maximum absolute atomic E-state index is 5.25. The summed E-state index contributed by atoms with van der Waals surface area (Å²) >= 11 is 3.32. The van der Waals surface area contributed by atoms with Crippen molar-refractivity contribution in [1.29, 1.82) is 0 Å². The second-order valence-corrected chi connectivity index (χ2v) is 3.06. The third kappa shape index (κ3) is 1.31. The van der Waals surface area contributed by atoms with Crippen molar-refractivity contribution in [3.8, 4) is 0 Å². The van der Waals surface area contributed by atoms with E-state index in [-0.39, 0.29) is 6.29 Å². The minimum atomic E-state index is -0.271. The van der Waals surface area contributed by atoms with Crippen LogP contribution in [0.5, 0.6) is 0 Å². The van der Waals surface area contributed by atoms with Crippen LogP contribution in [0.25, 0.3) is 0 Å². The van der Waals surface area contributed by atoms with Gasteiger partial charge in [0.15, 0.2) is 0 Å². The zero-order valence-corrected chi connectivity index (χ0v) is 7.30. The SMILES string of the molecule is Brc1cn[nH]c1C1OCCO1. The summed E-state index contributed by atoms with van der Waals surface area (Å²) < 4.78 is 11.4. The highest BCUT2D eigenvalue weighted by Crippen LogP contribution is 2.26. The number of aromatic amines is 1. The number of rotatable bonds is 1. The first-order valence-electron chi connectivity index (χ1n) is 3.30. The molecule has 1 aromatic rings. The van der Waals surface area contributed by atoms with E-state index < -0.39 is 0 Å². The summed E-state index contributed by atoms with van der Waals surface area (Å²) in [5.74, 6) is 0. The lowest BCUT2D eigenvalue weighted by atomic mass is 10.4. The van der Waals surface area contributed by atoms with Gasteiger partial charge in [-0.25, -0.2) is 0 Å². The van der Waals surface area contributed by atoms with E-state index in [1.807, 2.05) is 0 Å². The fraction of sp³-hybridized carbons (Fsp3) is 0.500. The molecule has 0 unspecified atom stereocenters. The Morgan fingerprint density at radius 3 is 2.82 bits per heavy atom. The van der Waals surface area contributed by atoms with Gasteiger partial charge in [-0.05, 0) is 15.9 Å². The van der Waals surface area contributed by atoms with Gasteiger partial charge in [-0.2, -0.15) is 5.10 Å². The molecule has 1 saturated heterocycles. The highest BCUT2D eigenvalue weighted by Gasteiger charge is 2.21. The number of nitrogens with one attached hydrogen (secondary N) is 1. The molecule has 1 aliphatic rings. The molecule has 2 rings (SSSR count). The summed E-state index contributed by atoms with van der Waals surface area (Å²) in [6.07, 6.45) is 1.41. The normalized spacial score (nSPS) is 19.4. The molecule has 60 valence electrons. The Kier molecular flexibility index (Phi) is 1.93. The molecule has 11 heavy (non-hydrogen) atoms. The highest BCUT2D eigenvalue weighted by atomic mass is 79.9. The van der Waals surface area contributed by atoms with E-state index in [4.69, 9.17) is 9.47 Å². The third-order valence-corrected chi connectivity index (χ3v) is 2.11. The van der Waals surface area contributed by atoms with Crippen molar-refractivity contribution >= 4 is 15.9 Å². The molecule has 0 aliphatic carbocycles. The van der Waals surface area contributed by atoms with Gasteiger partial charge in [0.2, 0.25) is 6.29 Å². The second-order valence-electron chi connectivity index (χ2n) is 2.21. The number of hydrogen-bond acceptors (Lipinski definition) is 3. The number of ether oxygens (including phenoxy) is 2. The second kappa shape index (κ2) is 2.92. The van der Waals surface area contributed by atoms with Crippen LogP contribution in [0.3, 0.4) is 0 Å². The molecule has 0 aromatic carbocycles. The van der Waals surface area contributed by atoms with Crippen molar-refractivity contribution in [2.24, 2.45) is 0 Å². The van der Waals surface area contributed by atoms with E-state index in [0.29, 0.717) is 13.2 Å². The molecule has 1 fully saturated rings. The molecule has 0 bridgehead atoms. The molecule has 2 heterocycles. The van der Waals surface area contributed by atoms with E-state index in [2.05, 4.69) is 26.1 Å². The number of nitrogens with zero attached hydrogens (tertiary/aromatic N) is 1. The first-order chi connectivity index (χ1) is 5.38. The maximum Gasteiger partial charge on any atom is 0.201 e. The molecule has 0 amide bonds. The van der Waals surface area contributed by atoms with Gasteiger partial charge >= 0.3 is 0 Å². The zero-order chi connectivity index (χ0) is 7.68. The Balaban J connectivity index is 2.21. The van der Waals surface area contributed by atoms with E-state index in [1.165, 1.54) is 0 Å². The fourth-order valence-electron chi connectivity index (χ4n) is 0.972. The van der Waals surface area contributed by atoms with Gasteiger partial charge in [-0.1, -0.05) is 0 Å². The van der Waals surface area contributed by atoms with Crippen molar-refractivity contribution < 1.29 is 9.47 Å². The van der Waals surface area contributed by atoms with Crippen LogP contribution in [0.1, 0.15) is 12.0 Å². The molecular weight excluding hydrogens is 212 g/mol. The van der Waals surface area contributed by atoms with E-state index >= 15 is 0 Å². The quantitative estimate of drug-likeness (QED) is 0.772. The van der Waals surface area contributed by atoms with Crippen LogP contribution in [0, 0.1) is 0 Å². The molecule has 1 aliphatic heterocycles. The van der Waals surface area contributed by atoms with Crippen molar-refractivity contribution in [3.63, 3.8) is 0 Å². The van der Waals surface area contributed by atoms with Crippen LogP contribution >= 0.6 is 15.9 Å². The van der Waals surface area contributed by atoms with E-state index in [9.17, 15) is 0 Å². The number of aromatic nitrogens is 2. The van der Waals surface area contributed by atoms with E-state index in [1.54, 1.807) is 6.20 Å². The van der Waals surface area contributed by atoms with Crippen LogP contribution in [-0.2, 0) is 9.47 Å². The van der Waals surface area contributed by atoms with Crippen LogP contribution in [0.2, 0.25) is 0 Å². The molecule has 0 spiro atoms. The average molecular weight is 219 g/mol. The van der Waals surface area contributed by atoms with Crippen LogP contribution in [0.4, 0.5) is 0 Å². The van der Waals surface area contributed by atoms with Gasteiger partial charge < -0.3 is 9.47 Å². The van der Waals surface area contributed by atoms with Crippen LogP contribution < -0.4 is 0 Å². The lowest BCUT2D eigenvalue weighted by Gasteiger charge is -2.05. The minimum absolute atomic E-state index is 0.271. The van der Waals surface area contributed by atoms with Gasteiger partial charge in [-0.15, -0.1) is 0 Å². The largest absolute Gasteiger partial charge is 0.345 e. The summed E-state index contributed by atoms with van der Waals surface area (Å²) in [5, 5.41) is 6.63. The standard InChI is InChI=1S/C6H7BrN2O2/c7-4-3-8-9-5(4)6-10-1-2-11-6/h3,6H,1-2H2,(H,8,9). The van der Waals surface area contributed by atoms with Gasteiger partial charge in [0.1, 0.15) is 5.69 Å². The summed E-state index contributed by atoms with van der Waals surface area (Å²) in [4.78, 5) is 0. The van der Waals surface area contributed by atoms with E-state index in [0.717, 1.165) is 10.2 Å². The highest BCUT2D eigenvalue weighted by molar-refractivity contribution is 9.10. The molecule has 1 aromatic heterocycles. The number of halogens is 1. The van der Waals surface area contributed by atoms with Crippen molar-refractivity contribution in [2.75, 3.05) is 13.2 Å². The third-order valence-electron chi connectivity index (χ3n) is 1.48. The topological polar surface area (TPSA) is 47.1 Å². The smallest absolute Gasteiger partial charge is 0.201 e. The predicted molar refractivity (Wildman–Crippen MR) is 40.9 cm³/mol. The first kappa shape index (κ1) is 7.27. The molecular formula is C6H7BrN2O2. The minimum Gasteiger partial charge on any atom is -0.345 e. The maximum atomic E-state index is 5.25. The van der Waals surface area contributed by atoms with Crippen LogP contribution in [0.15, 0.2) is 10.7 Å². The van der Waals surface area contributed by atoms with Crippen molar-refractivity contribution in [1.82, 2.24) is 10.2 Å². The van der Waals surface area contributed by atoms with Crippen molar-refractivity contribution in [2.45, 2.75) is 6.29 Å². The Morgan fingerprint density at radius 2 is 2.27 bits per heavy atom. The van der Waals surface area contributed by atoms with Gasteiger partial charge in [0, 0.05) is 0 Å². The summed E-state index contributed by atoms with van der Waals surface area (Å²) in [5.41, 5.74) is 0.850. The Hall–Kier alpha value is -0.390. The Morgan fingerprint density at radius 1 is 1.55 bits per heavy atom. The van der Waals surface area contributed by atoms with Crippen LogP contribution in [-0.4, -0.2) is 23.4 Å². The van der Waals surface area contributed by atoms with Crippen molar-refractivity contribution in [3.05, 3.63) is 16.4 Å². The average Bonchev–Trinajstić information content (AvgIpc) is 2.55. The summed E-state index contributed by atoms with van der Waals surface area (Å²) in [6, 6.07) is 0. The molecule has 1 N–H and O–H groups in total. The lowest BCUT2D eigenvalue weighted by Crippen LogP contribution is -1.98. The number of H-pyrrole nitrogens is 1. The summed E-state index contributed by atoms with van der Waals surface area (Å²) in [7, 11) is 0. The first-order valence-corrected chi connectivity index (χ1v) is 4.09.